The zero-order valence-electron chi connectivity index (χ0n) is 44.6. The number of fused-ring (bicyclic) bond motifs is 1. The smallest absolute Gasteiger partial charge is 0.252 e. The van der Waals surface area contributed by atoms with E-state index in [9.17, 15) is 24.3 Å². The number of aromatic hydroxyl groups is 1. The molecule has 4 amide bonds. The molecule has 4 N–H and O–H groups in total. The average molecular weight is 1040 g/mol. The molecule has 16 heteroatoms. The highest BCUT2D eigenvalue weighted by molar-refractivity contribution is 6.07. The number of hydrogen-bond donors (Lipinski definition) is 4. The summed E-state index contributed by atoms with van der Waals surface area (Å²) >= 11 is 0. The highest BCUT2D eigenvalue weighted by Gasteiger charge is 2.37. The number of likely N-dealkylation sites (tertiary alicyclic amines) is 1. The minimum atomic E-state index is -0.648. The number of benzene rings is 4. The highest BCUT2D eigenvalue weighted by Crippen LogP contribution is 2.37. The standard InChI is InChI=1S/C60H73N7O9/c1-7-50(43-13-9-8-10-14-43)56(44-18-22-48(68)23-19-44)45-20-24-49(25-21-45)76-32-30-65(6)55(69)40-75-36-35-74-34-33-73-31-27-63-59(71)52-15-11-16-54-51(52)26-29-66(54)47-37-46(38-62-39-47)53-17-12-28-67(53)60(72)57(41(2)3)64-58(70)42(4)61-5/h8-11,13-16,18-26,29,37-39,41-42,53,57,61,68H,7,12,17,27-28,30-36,40H2,1-6H3,(H,63,71)(H,64,70). The summed E-state index contributed by atoms with van der Waals surface area (Å²) in [4.78, 5) is 60.8. The molecule has 1 saturated heterocycles. The molecule has 76 heavy (non-hydrogen) atoms. The van der Waals surface area contributed by atoms with Crippen molar-refractivity contribution in [2.75, 3.05) is 80.0 Å². The van der Waals surface area contributed by atoms with Gasteiger partial charge in [0.05, 0.1) is 69.1 Å². The van der Waals surface area contributed by atoms with Gasteiger partial charge < -0.3 is 54.4 Å². The number of ether oxygens (including phenoxy) is 4. The lowest BCUT2D eigenvalue weighted by Gasteiger charge is -2.32. The summed E-state index contributed by atoms with van der Waals surface area (Å²) in [5.74, 6) is 0.115. The summed E-state index contributed by atoms with van der Waals surface area (Å²) in [6.45, 7) is 10.8. The van der Waals surface area contributed by atoms with Crippen molar-refractivity contribution in [2.24, 2.45) is 5.92 Å². The molecule has 4 aromatic carbocycles. The zero-order valence-corrected chi connectivity index (χ0v) is 44.6. The molecule has 0 spiro atoms. The Hall–Kier alpha value is -7.37. The Kier molecular flexibility index (Phi) is 20.7. The van der Waals surface area contributed by atoms with Gasteiger partial charge in [0, 0.05) is 43.5 Å². The van der Waals surface area contributed by atoms with Gasteiger partial charge in [-0.2, -0.15) is 0 Å². The third kappa shape index (κ3) is 14.7. The monoisotopic (exact) mass is 1040 g/mol. The van der Waals surface area contributed by atoms with Crippen molar-refractivity contribution in [3.05, 3.63) is 156 Å². The Balaban J connectivity index is 0.782. The van der Waals surface area contributed by atoms with Crippen molar-refractivity contribution in [3.63, 3.8) is 0 Å². The van der Waals surface area contributed by atoms with Crippen LogP contribution in [0.25, 0.3) is 27.7 Å². The molecular weight excluding hydrogens is 963 g/mol. The predicted octanol–water partition coefficient (Wildman–Crippen LogP) is 7.83. The number of nitrogens with zero attached hydrogens (tertiary/aromatic N) is 4. The Morgan fingerprint density at radius 3 is 2.20 bits per heavy atom. The quantitative estimate of drug-likeness (QED) is 0.0291. The van der Waals surface area contributed by atoms with Crippen LogP contribution in [0, 0.1) is 5.92 Å². The fraction of sp³-hybridized carbons (Fsp3) is 0.383. The normalized spacial score (nSPS) is 14.6. The van der Waals surface area contributed by atoms with Crippen LogP contribution in [-0.4, -0.2) is 140 Å². The van der Waals surface area contributed by atoms with Gasteiger partial charge in [-0.1, -0.05) is 81.4 Å². The SMILES string of the molecule is CCC(=C(c1ccc(O)cc1)c1ccc(OCCN(C)C(=O)COCCOCCOCCNC(=O)c2cccc3c2ccn3-c2cncc(C3CCCN3C(=O)C(NC(=O)C(C)NC)C(C)C)c2)cc1)c1ccccc1. The lowest BCUT2D eigenvalue weighted by molar-refractivity contribution is -0.138. The molecule has 3 atom stereocenters. The van der Waals surface area contributed by atoms with E-state index in [1.807, 2.05) is 108 Å². The molecule has 3 heterocycles. The number of pyridine rings is 1. The average Bonchev–Trinajstić information content (AvgIpc) is 4.13. The van der Waals surface area contributed by atoms with Crippen LogP contribution in [0.1, 0.15) is 85.6 Å². The topological polar surface area (TPSA) is 186 Å². The van der Waals surface area contributed by atoms with Gasteiger partial charge in [-0.25, -0.2) is 0 Å². The van der Waals surface area contributed by atoms with E-state index in [4.69, 9.17) is 18.9 Å². The van der Waals surface area contributed by atoms with E-state index in [0.29, 0.717) is 64.0 Å². The molecule has 0 radical (unpaired) electrons. The van der Waals surface area contributed by atoms with E-state index in [-0.39, 0.29) is 54.6 Å². The van der Waals surface area contributed by atoms with Gasteiger partial charge in [0.25, 0.3) is 5.91 Å². The van der Waals surface area contributed by atoms with Crippen LogP contribution in [0.2, 0.25) is 0 Å². The van der Waals surface area contributed by atoms with Crippen LogP contribution in [0.5, 0.6) is 11.5 Å². The van der Waals surface area contributed by atoms with Crippen LogP contribution in [-0.2, 0) is 28.6 Å². The first kappa shape index (κ1) is 56.4. The van der Waals surface area contributed by atoms with Gasteiger partial charge in [-0.3, -0.25) is 24.2 Å². The maximum Gasteiger partial charge on any atom is 0.252 e. The van der Waals surface area contributed by atoms with Gasteiger partial charge in [0.2, 0.25) is 17.7 Å². The van der Waals surface area contributed by atoms with Crippen molar-refractivity contribution in [1.82, 2.24) is 35.3 Å². The van der Waals surface area contributed by atoms with Crippen LogP contribution < -0.4 is 20.7 Å². The minimum Gasteiger partial charge on any atom is -0.508 e. The minimum absolute atomic E-state index is 0.0795. The molecule has 1 aliphatic heterocycles. The zero-order chi connectivity index (χ0) is 54.0. The Morgan fingerprint density at radius 1 is 0.803 bits per heavy atom. The van der Waals surface area contributed by atoms with E-state index in [0.717, 1.165) is 63.7 Å². The lowest BCUT2D eigenvalue weighted by Crippen LogP contribution is -2.54. The Labute approximate surface area is 446 Å². The van der Waals surface area contributed by atoms with Gasteiger partial charge in [-0.05, 0) is 121 Å². The molecule has 6 aromatic rings. The Bertz CT molecular complexity index is 2890. The Morgan fingerprint density at radius 2 is 1.50 bits per heavy atom. The molecule has 16 nitrogen and oxygen atoms in total. The second-order valence-corrected chi connectivity index (χ2v) is 19.2. The summed E-state index contributed by atoms with van der Waals surface area (Å²) in [7, 11) is 3.43. The van der Waals surface area contributed by atoms with Gasteiger partial charge >= 0.3 is 0 Å². The summed E-state index contributed by atoms with van der Waals surface area (Å²) in [6.07, 6.45) is 7.93. The number of aromatic nitrogens is 2. The van der Waals surface area contributed by atoms with Crippen molar-refractivity contribution < 1.29 is 43.2 Å². The number of allylic oxidation sites excluding steroid dienone is 1. The van der Waals surface area contributed by atoms with Crippen molar-refractivity contribution >= 4 is 45.7 Å². The molecule has 1 aliphatic rings. The van der Waals surface area contributed by atoms with Crippen LogP contribution in [0.3, 0.4) is 0 Å². The van der Waals surface area contributed by atoms with Crippen LogP contribution in [0.15, 0.2) is 128 Å². The molecule has 0 saturated carbocycles. The van der Waals surface area contributed by atoms with Gasteiger partial charge in [0.15, 0.2) is 0 Å². The van der Waals surface area contributed by atoms with E-state index >= 15 is 0 Å². The maximum absolute atomic E-state index is 13.9. The molecule has 7 rings (SSSR count). The second-order valence-electron chi connectivity index (χ2n) is 19.2. The first-order valence-corrected chi connectivity index (χ1v) is 26.3. The van der Waals surface area contributed by atoms with Crippen LogP contribution >= 0.6 is 0 Å². The van der Waals surface area contributed by atoms with E-state index in [1.54, 1.807) is 56.5 Å². The third-order valence-corrected chi connectivity index (χ3v) is 13.7. The van der Waals surface area contributed by atoms with Crippen molar-refractivity contribution in [1.29, 1.82) is 0 Å². The number of rotatable bonds is 27. The molecular formula is C60H73N7O9. The largest absolute Gasteiger partial charge is 0.508 e. The summed E-state index contributed by atoms with van der Waals surface area (Å²) in [6, 6.07) is 33.8. The number of nitrogens with one attached hydrogen (secondary N) is 3. The molecule has 1 fully saturated rings. The predicted molar refractivity (Wildman–Crippen MR) is 295 cm³/mol. The lowest BCUT2D eigenvalue weighted by atomic mass is 9.88. The highest BCUT2D eigenvalue weighted by atomic mass is 16.5. The second kappa shape index (κ2) is 28.0. The summed E-state index contributed by atoms with van der Waals surface area (Å²) in [5.41, 5.74) is 8.56. The number of phenolic OH excluding ortho intramolecular Hbond substituents is 1. The van der Waals surface area contributed by atoms with Gasteiger partial charge in [0.1, 0.15) is 30.8 Å². The van der Waals surface area contributed by atoms with E-state index in [2.05, 4.69) is 40.0 Å². The fourth-order valence-corrected chi connectivity index (χ4v) is 9.32. The molecule has 2 aromatic heterocycles. The third-order valence-electron chi connectivity index (χ3n) is 13.7. The number of carbonyl (C=O) groups excluding carboxylic acids is 4. The van der Waals surface area contributed by atoms with Crippen LogP contribution in [0.4, 0.5) is 0 Å². The van der Waals surface area contributed by atoms with Crippen molar-refractivity contribution in [2.45, 2.75) is 65.1 Å². The first-order valence-electron chi connectivity index (χ1n) is 26.3. The van der Waals surface area contributed by atoms with Gasteiger partial charge in [-0.15, -0.1) is 0 Å². The van der Waals surface area contributed by atoms with E-state index < -0.39 is 12.1 Å². The summed E-state index contributed by atoms with van der Waals surface area (Å²) < 4.78 is 24.9. The first-order chi connectivity index (χ1) is 36.9. The van der Waals surface area contributed by atoms with E-state index in [1.165, 1.54) is 5.57 Å². The molecule has 402 valence electrons. The number of amides is 4. The molecule has 0 aliphatic carbocycles. The maximum atomic E-state index is 13.9. The molecule has 0 bridgehead atoms. The summed E-state index contributed by atoms with van der Waals surface area (Å²) in [5, 5.41) is 19.6. The number of carbonyl (C=O) groups is 4. The number of hydrogen-bond acceptors (Lipinski definition) is 11. The number of likely N-dealkylation sites (N-methyl/N-ethyl adjacent to an activating group) is 2. The number of phenols is 1. The van der Waals surface area contributed by atoms with Crippen molar-refractivity contribution in [3.8, 4) is 17.2 Å². The fourth-order valence-electron chi connectivity index (χ4n) is 9.32. The molecule has 3 unspecified atom stereocenters.